The van der Waals surface area contributed by atoms with E-state index in [4.69, 9.17) is 19.3 Å². The average Bonchev–Trinajstić information content (AvgIpc) is 3.53. The number of methoxy groups -OCH3 is 1. The lowest BCUT2D eigenvalue weighted by atomic mass is 9.85. The molecule has 2 rings (SSSR count). The number of allylic oxidation sites excluding steroid dienone is 3. The summed E-state index contributed by atoms with van der Waals surface area (Å²) in [7, 11) is 3.51. The minimum absolute atomic E-state index is 0.0531. The van der Waals surface area contributed by atoms with Crippen molar-refractivity contribution < 1.29 is 29.2 Å². The summed E-state index contributed by atoms with van der Waals surface area (Å²) in [6, 6.07) is 0. The quantitative estimate of drug-likeness (QED) is 0.165. The molecule has 220 valence electrons. The highest BCUT2D eigenvalue weighted by atomic mass is 16.6. The molecule has 0 aromatic heterocycles. The molecule has 7 nitrogen and oxygen atoms in total. The van der Waals surface area contributed by atoms with Crippen molar-refractivity contribution in [2.75, 3.05) is 27.3 Å². The van der Waals surface area contributed by atoms with Gasteiger partial charge in [-0.1, -0.05) is 45.4 Å². The molecule has 0 spiro atoms. The number of ether oxygens (including phenoxy) is 3. The summed E-state index contributed by atoms with van der Waals surface area (Å²) in [6.07, 6.45) is 12.0. The van der Waals surface area contributed by atoms with Crippen molar-refractivity contribution in [2.24, 2.45) is 17.8 Å². The van der Waals surface area contributed by atoms with E-state index in [2.05, 4.69) is 52.8 Å². The van der Waals surface area contributed by atoms with E-state index >= 15 is 0 Å². The maximum Gasteiger partial charge on any atom is 0.222 e. The van der Waals surface area contributed by atoms with Crippen LogP contribution in [0.25, 0.3) is 0 Å². The van der Waals surface area contributed by atoms with Crippen molar-refractivity contribution in [2.45, 2.75) is 123 Å². The molecule has 2 aliphatic heterocycles. The minimum atomic E-state index is -0.527. The van der Waals surface area contributed by atoms with Gasteiger partial charge in [-0.2, -0.15) is 0 Å². The minimum Gasteiger partial charge on any atom is -0.396 e. The Bertz CT molecular complexity index is 782. The molecule has 2 saturated heterocycles. The van der Waals surface area contributed by atoms with E-state index in [0.717, 1.165) is 38.5 Å². The second-order valence-electron chi connectivity index (χ2n) is 12.2. The Morgan fingerprint density at radius 1 is 1.21 bits per heavy atom. The number of carbonyl (C=O) groups is 1. The van der Waals surface area contributed by atoms with Crippen LogP contribution < -0.4 is 0 Å². The number of rotatable bonds is 16. The molecule has 0 saturated carbocycles. The Hall–Kier alpha value is -1.25. The third kappa shape index (κ3) is 9.74. The van der Waals surface area contributed by atoms with E-state index in [1.165, 1.54) is 5.57 Å². The molecule has 2 heterocycles. The number of likely N-dealkylation sites (N-methyl/N-ethyl adjacent to an activating group) is 1. The Labute approximate surface area is 231 Å². The molecule has 9 atom stereocenters. The van der Waals surface area contributed by atoms with Crippen LogP contribution in [0.5, 0.6) is 0 Å². The number of hydrogen-bond acceptors (Lipinski definition) is 6. The first-order valence-corrected chi connectivity index (χ1v) is 14.7. The fraction of sp³-hybridized carbons (Fsp3) is 0.839. The van der Waals surface area contributed by atoms with E-state index in [9.17, 15) is 9.90 Å². The standard InChI is InChI=1S/C31H55NO6/c1-21(19-31(6)30(38-31)24(4)29(36-8)25(5)34)13-12-14-22(2)28-23(3)16-17-26(37-28)20-32(7)27(35)15-10-9-11-18-33/h12-14,21,23-26,28-30,33-34H,9-11,15-20H2,1-8H3/b13-12+,22-14+/t21?,23-,24?,25?,26+,28+,29?,30+,31+/m0/s1. The van der Waals surface area contributed by atoms with Gasteiger partial charge in [-0.25, -0.2) is 0 Å². The average molecular weight is 538 g/mol. The van der Waals surface area contributed by atoms with Gasteiger partial charge in [0.2, 0.25) is 5.91 Å². The lowest BCUT2D eigenvalue weighted by Gasteiger charge is -2.37. The third-order valence-corrected chi connectivity index (χ3v) is 8.41. The zero-order chi connectivity index (χ0) is 28.5. The molecular formula is C31H55NO6. The van der Waals surface area contributed by atoms with Crippen molar-refractivity contribution >= 4 is 5.91 Å². The molecule has 2 N–H and O–H groups in total. The molecule has 0 radical (unpaired) electrons. The fourth-order valence-corrected chi connectivity index (χ4v) is 6.17. The van der Waals surface area contributed by atoms with Crippen LogP contribution in [0.4, 0.5) is 0 Å². The van der Waals surface area contributed by atoms with Gasteiger partial charge in [0.05, 0.1) is 36.1 Å². The van der Waals surface area contributed by atoms with Gasteiger partial charge in [0.25, 0.3) is 0 Å². The summed E-state index contributed by atoms with van der Waals surface area (Å²) in [4.78, 5) is 14.3. The monoisotopic (exact) mass is 537 g/mol. The van der Waals surface area contributed by atoms with Crippen LogP contribution in [0.3, 0.4) is 0 Å². The van der Waals surface area contributed by atoms with Gasteiger partial charge < -0.3 is 29.3 Å². The van der Waals surface area contributed by atoms with Crippen LogP contribution in [0, 0.1) is 17.8 Å². The smallest absolute Gasteiger partial charge is 0.222 e. The van der Waals surface area contributed by atoms with Crippen molar-refractivity contribution in [3.05, 3.63) is 23.8 Å². The number of hydrogen-bond donors (Lipinski definition) is 2. The van der Waals surface area contributed by atoms with Crippen LogP contribution in [0.1, 0.15) is 86.5 Å². The van der Waals surface area contributed by atoms with Crippen LogP contribution in [0.2, 0.25) is 0 Å². The largest absolute Gasteiger partial charge is 0.396 e. The van der Waals surface area contributed by atoms with Gasteiger partial charge in [-0.15, -0.1) is 0 Å². The number of unbranched alkanes of at least 4 members (excludes halogenated alkanes) is 2. The van der Waals surface area contributed by atoms with Gasteiger partial charge in [0.1, 0.15) is 0 Å². The van der Waals surface area contributed by atoms with Crippen LogP contribution >= 0.6 is 0 Å². The summed E-state index contributed by atoms with van der Waals surface area (Å²) in [5, 5.41) is 18.9. The molecule has 1 amide bonds. The maximum absolute atomic E-state index is 12.5. The van der Waals surface area contributed by atoms with Gasteiger partial charge >= 0.3 is 0 Å². The van der Waals surface area contributed by atoms with Gasteiger partial charge in [-0.05, 0) is 70.3 Å². The number of nitrogens with zero attached hydrogens (tertiary/aromatic N) is 1. The first kappa shape index (κ1) is 33.0. The highest BCUT2D eigenvalue weighted by Gasteiger charge is 2.56. The van der Waals surface area contributed by atoms with E-state index < -0.39 is 6.10 Å². The number of aliphatic hydroxyl groups excluding tert-OH is 2. The van der Waals surface area contributed by atoms with E-state index in [-0.39, 0.29) is 48.4 Å². The summed E-state index contributed by atoms with van der Waals surface area (Å²) in [6.45, 7) is 13.4. The van der Waals surface area contributed by atoms with Crippen LogP contribution in [-0.2, 0) is 19.0 Å². The molecule has 2 aliphatic rings. The molecule has 0 bridgehead atoms. The number of carbonyl (C=O) groups excluding carboxylic acids is 1. The zero-order valence-electron chi connectivity index (χ0n) is 25.2. The number of aliphatic hydroxyl groups is 2. The molecule has 0 aliphatic carbocycles. The first-order valence-electron chi connectivity index (χ1n) is 14.7. The predicted octanol–water partition coefficient (Wildman–Crippen LogP) is 4.90. The molecule has 2 fully saturated rings. The summed E-state index contributed by atoms with van der Waals surface area (Å²) >= 11 is 0. The van der Waals surface area contributed by atoms with Crippen LogP contribution in [0.15, 0.2) is 23.8 Å². The normalized spacial score (nSPS) is 31.2. The molecule has 4 unspecified atom stereocenters. The summed E-state index contributed by atoms with van der Waals surface area (Å²) < 4.78 is 18.1. The first-order chi connectivity index (χ1) is 17.9. The third-order valence-electron chi connectivity index (χ3n) is 8.41. The Morgan fingerprint density at radius 2 is 1.92 bits per heavy atom. The molecular weight excluding hydrogens is 482 g/mol. The van der Waals surface area contributed by atoms with E-state index in [0.29, 0.717) is 24.8 Å². The van der Waals surface area contributed by atoms with E-state index in [1.54, 1.807) is 14.0 Å². The SMILES string of the molecule is COC(C(C)O)C(C)[C@H]1O[C@]1(C)CC(C)/C=C/C=C(\C)[C@H]1O[C@@H](CN(C)C(=O)CCCCCO)CC[C@@H]1C. The maximum atomic E-state index is 12.5. The second-order valence-corrected chi connectivity index (χ2v) is 12.2. The van der Waals surface area contributed by atoms with Crippen LogP contribution in [-0.4, -0.2) is 84.5 Å². The predicted molar refractivity (Wildman–Crippen MR) is 152 cm³/mol. The topological polar surface area (TPSA) is 91.8 Å². The Balaban J connectivity index is 1.85. The molecule has 38 heavy (non-hydrogen) atoms. The summed E-state index contributed by atoms with van der Waals surface area (Å²) in [5.41, 5.74) is 1.02. The number of epoxide rings is 1. The highest BCUT2D eigenvalue weighted by molar-refractivity contribution is 5.75. The molecule has 7 heteroatoms. The van der Waals surface area contributed by atoms with Gasteiger partial charge in [0, 0.05) is 39.6 Å². The summed E-state index contributed by atoms with van der Waals surface area (Å²) in [5.74, 6) is 1.07. The number of amides is 1. The van der Waals surface area contributed by atoms with Crippen molar-refractivity contribution in [1.82, 2.24) is 4.90 Å². The lowest BCUT2D eigenvalue weighted by Crippen LogP contribution is -2.42. The van der Waals surface area contributed by atoms with Crippen molar-refractivity contribution in [1.29, 1.82) is 0 Å². The Kier molecular flexibility index (Phi) is 13.5. The fourth-order valence-electron chi connectivity index (χ4n) is 6.17. The second kappa shape index (κ2) is 15.5. The zero-order valence-corrected chi connectivity index (χ0v) is 25.2. The highest BCUT2D eigenvalue weighted by Crippen LogP contribution is 2.47. The van der Waals surface area contributed by atoms with Crippen molar-refractivity contribution in [3.63, 3.8) is 0 Å². The van der Waals surface area contributed by atoms with E-state index in [1.807, 2.05) is 11.9 Å². The Morgan fingerprint density at radius 3 is 2.55 bits per heavy atom. The molecule has 0 aromatic carbocycles. The van der Waals surface area contributed by atoms with Gasteiger partial charge in [0.15, 0.2) is 0 Å². The van der Waals surface area contributed by atoms with Gasteiger partial charge in [-0.3, -0.25) is 4.79 Å². The van der Waals surface area contributed by atoms with Crippen molar-refractivity contribution in [3.8, 4) is 0 Å². The molecule has 0 aromatic rings. The lowest BCUT2D eigenvalue weighted by molar-refractivity contribution is -0.134.